The van der Waals surface area contributed by atoms with E-state index in [1.807, 2.05) is 24.3 Å². The molecule has 0 spiro atoms. The van der Waals surface area contributed by atoms with Crippen LogP contribution in [0.5, 0.6) is 0 Å². The smallest absolute Gasteiger partial charge is 0.214 e. The second-order valence-corrected chi connectivity index (χ2v) is 6.65. The first-order valence-corrected chi connectivity index (χ1v) is 8.29. The van der Waals surface area contributed by atoms with E-state index < -0.39 is 0 Å². The van der Waals surface area contributed by atoms with E-state index in [-0.39, 0.29) is 0 Å². The van der Waals surface area contributed by atoms with Gasteiger partial charge in [-0.15, -0.1) is 0 Å². The van der Waals surface area contributed by atoms with Crippen LogP contribution in [0.4, 0.5) is 0 Å². The first-order chi connectivity index (χ1) is 11.5. The third kappa shape index (κ3) is 2.42. The lowest BCUT2D eigenvalue weighted by atomic mass is 10.0. The molecule has 0 radical (unpaired) electrons. The fraction of sp³-hybridized carbons (Fsp3) is 0.150. The van der Waals surface area contributed by atoms with Crippen molar-refractivity contribution in [2.45, 2.75) is 13.8 Å². The molecule has 0 aliphatic heterocycles. The van der Waals surface area contributed by atoms with Gasteiger partial charge < -0.3 is 4.57 Å². The molecule has 0 amide bonds. The quantitative estimate of drug-likeness (QED) is 0.488. The minimum atomic E-state index is 0.736. The van der Waals surface area contributed by atoms with E-state index in [0.717, 1.165) is 27.8 Å². The molecular weight excluding hydrogens is 318 g/mol. The van der Waals surface area contributed by atoms with Crippen molar-refractivity contribution < 1.29 is 0 Å². The summed E-state index contributed by atoms with van der Waals surface area (Å²) in [5, 5.41) is 0.736. The molecule has 0 aliphatic carbocycles. The number of hydrogen-bond acceptors (Lipinski definition) is 1. The van der Waals surface area contributed by atoms with Crippen molar-refractivity contribution in [2.75, 3.05) is 0 Å². The van der Waals surface area contributed by atoms with Crippen molar-refractivity contribution in [1.29, 1.82) is 0 Å². The van der Waals surface area contributed by atoms with Crippen molar-refractivity contribution in [1.82, 2.24) is 14.0 Å². The zero-order chi connectivity index (χ0) is 16.8. The average Bonchev–Trinajstić information content (AvgIpc) is 3.11. The van der Waals surface area contributed by atoms with Gasteiger partial charge in [0.05, 0.1) is 11.4 Å². The Morgan fingerprint density at radius 3 is 2.25 bits per heavy atom. The third-order valence-electron chi connectivity index (χ3n) is 4.58. The zero-order valence-electron chi connectivity index (χ0n) is 13.9. The van der Waals surface area contributed by atoms with Crippen LogP contribution in [0.25, 0.3) is 28.3 Å². The van der Waals surface area contributed by atoms with Gasteiger partial charge in [0.2, 0.25) is 5.78 Å². The van der Waals surface area contributed by atoms with Gasteiger partial charge in [-0.2, -0.15) is 0 Å². The number of fused-ring (bicyclic) bond motifs is 1. The van der Waals surface area contributed by atoms with Crippen LogP contribution in [0.2, 0.25) is 5.02 Å². The summed E-state index contributed by atoms with van der Waals surface area (Å²) >= 11 is 5.96. The minimum absolute atomic E-state index is 0.736. The first-order valence-electron chi connectivity index (χ1n) is 7.91. The highest BCUT2D eigenvalue weighted by atomic mass is 35.5. The molecule has 0 saturated carbocycles. The number of benzene rings is 2. The molecule has 0 N–H and O–H groups in total. The Morgan fingerprint density at radius 1 is 0.875 bits per heavy atom. The number of aromatic nitrogens is 3. The van der Waals surface area contributed by atoms with Gasteiger partial charge >= 0.3 is 0 Å². The van der Waals surface area contributed by atoms with E-state index in [1.54, 1.807) is 0 Å². The van der Waals surface area contributed by atoms with E-state index >= 15 is 0 Å². The summed E-state index contributed by atoms with van der Waals surface area (Å²) in [5.74, 6) is 0.924. The molecular formula is C20H18ClN3. The normalized spacial score (nSPS) is 11.3. The van der Waals surface area contributed by atoms with E-state index in [0.29, 0.717) is 0 Å². The van der Waals surface area contributed by atoms with Crippen molar-refractivity contribution in [2.24, 2.45) is 7.05 Å². The molecule has 4 rings (SSSR count). The Hall–Kier alpha value is -2.52. The molecule has 3 nitrogen and oxygen atoms in total. The van der Waals surface area contributed by atoms with Gasteiger partial charge in [-0.05, 0) is 43.2 Å². The highest BCUT2D eigenvalue weighted by Gasteiger charge is 2.12. The van der Waals surface area contributed by atoms with Gasteiger partial charge in [-0.25, -0.2) is 4.98 Å². The highest BCUT2D eigenvalue weighted by molar-refractivity contribution is 6.30. The third-order valence-corrected chi connectivity index (χ3v) is 4.83. The van der Waals surface area contributed by atoms with Crippen molar-refractivity contribution in [3.05, 3.63) is 71.0 Å². The summed E-state index contributed by atoms with van der Waals surface area (Å²) in [5.41, 5.74) is 6.98. The van der Waals surface area contributed by atoms with Crippen LogP contribution < -0.4 is 0 Å². The van der Waals surface area contributed by atoms with Crippen molar-refractivity contribution in [3.8, 4) is 22.5 Å². The van der Waals surface area contributed by atoms with Crippen LogP contribution in [0.15, 0.2) is 54.9 Å². The van der Waals surface area contributed by atoms with E-state index in [9.17, 15) is 0 Å². The van der Waals surface area contributed by atoms with Crippen LogP contribution in [0.3, 0.4) is 0 Å². The molecule has 2 aromatic heterocycles. The predicted molar refractivity (Wildman–Crippen MR) is 99.5 cm³/mol. The highest BCUT2D eigenvalue weighted by Crippen LogP contribution is 2.27. The summed E-state index contributed by atoms with van der Waals surface area (Å²) in [6.07, 6.45) is 4.19. The number of nitrogens with zero attached hydrogens (tertiary/aromatic N) is 3. The van der Waals surface area contributed by atoms with Gasteiger partial charge in [0.15, 0.2) is 0 Å². The molecule has 24 heavy (non-hydrogen) atoms. The summed E-state index contributed by atoms with van der Waals surface area (Å²) in [7, 11) is 2.05. The molecule has 0 saturated heterocycles. The van der Waals surface area contributed by atoms with Crippen molar-refractivity contribution in [3.63, 3.8) is 0 Å². The molecule has 2 heterocycles. The van der Waals surface area contributed by atoms with Crippen molar-refractivity contribution >= 4 is 17.4 Å². The van der Waals surface area contributed by atoms with Gasteiger partial charge in [0.1, 0.15) is 0 Å². The number of hydrogen-bond donors (Lipinski definition) is 0. The molecule has 0 bridgehead atoms. The number of halogens is 1. The van der Waals surface area contributed by atoms with Crippen LogP contribution in [-0.2, 0) is 7.05 Å². The van der Waals surface area contributed by atoms with Crippen LogP contribution >= 0.6 is 11.6 Å². The molecule has 120 valence electrons. The molecule has 4 heteroatoms. The lowest BCUT2D eigenvalue weighted by Crippen LogP contribution is -1.93. The van der Waals surface area contributed by atoms with Crippen LogP contribution in [-0.4, -0.2) is 14.0 Å². The minimum Gasteiger partial charge on any atom is -0.313 e. The maximum atomic E-state index is 5.96. The first kappa shape index (κ1) is 15.0. The molecule has 0 atom stereocenters. The number of rotatable bonds is 2. The lowest BCUT2D eigenvalue weighted by molar-refractivity contribution is 0.945. The molecule has 0 fully saturated rings. The van der Waals surface area contributed by atoms with E-state index in [4.69, 9.17) is 16.6 Å². The Kier molecular flexibility index (Phi) is 3.47. The molecule has 4 aromatic rings. The summed E-state index contributed by atoms with van der Waals surface area (Å²) < 4.78 is 4.21. The molecule has 0 aliphatic rings. The molecule has 0 unspecified atom stereocenters. The largest absolute Gasteiger partial charge is 0.313 e. The number of aryl methyl sites for hydroxylation is 3. The Labute approximate surface area is 146 Å². The van der Waals surface area contributed by atoms with Gasteiger partial charge in [0, 0.05) is 35.6 Å². The average molecular weight is 336 g/mol. The monoisotopic (exact) mass is 335 g/mol. The fourth-order valence-electron chi connectivity index (χ4n) is 2.98. The lowest BCUT2D eigenvalue weighted by Gasteiger charge is -2.06. The SMILES string of the molecule is Cc1ccc(-c2cn3cc(-c4ccc(Cl)cc4)nc3n2C)cc1C. The summed E-state index contributed by atoms with van der Waals surface area (Å²) in [4.78, 5) is 4.78. The number of imidazole rings is 2. The zero-order valence-corrected chi connectivity index (χ0v) is 14.7. The maximum Gasteiger partial charge on any atom is 0.214 e. The standard InChI is InChI=1S/C20H18ClN3/c1-13-4-5-16(10-14(13)2)19-12-24-11-18(22-20(24)23(19)3)15-6-8-17(21)9-7-15/h4-12H,1-3H3. The summed E-state index contributed by atoms with van der Waals surface area (Å²) in [6, 6.07) is 14.3. The van der Waals surface area contributed by atoms with Crippen LogP contribution in [0.1, 0.15) is 11.1 Å². The predicted octanol–water partition coefficient (Wildman–Crippen LogP) is 5.28. The van der Waals surface area contributed by atoms with Gasteiger partial charge in [-0.3, -0.25) is 4.40 Å². The Morgan fingerprint density at radius 2 is 1.58 bits per heavy atom. The molecule has 2 aromatic carbocycles. The fourth-order valence-corrected chi connectivity index (χ4v) is 3.11. The van der Waals surface area contributed by atoms with Gasteiger partial charge in [-0.1, -0.05) is 35.9 Å². The van der Waals surface area contributed by atoms with Crippen LogP contribution in [0, 0.1) is 13.8 Å². The topological polar surface area (TPSA) is 22.2 Å². The van der Waals surface area contributed by atoms with E-state index in [1.165, 1.54) is 16.7 Å². The van der Waals surface area contributed by atoms with Gasteiger partial charge in [0.25, 0.3) is 0 Å². The van der Waals surface area contributed by atoms with E-state index in [2.05, 4.69) is 60.5 Å². The Bertz CT molecular complexity index is 1040. The summed E-state index contributed by atoms with van der Waals surface area (Å²) in [6.45, 7) is 4.28. The Balaban J connectivity index is 1.80. The second-order valence-electron chi connectivity index (χ2n) is 6.21. The maximum absolute atomic E-state index is 5.96. The second kappa shape index (κ2) is 5.53.